The highest BCUT2D eigenvalue weighted by Crippen LogP contribution is 2.18. The zero-order valence-electron chi connectivity index (χ0n) is 13.8. The van der Waals surface area contributed by atoms with Gasteiger partial charge in [0.25, 0.3) is 0 Å². The fourth-order valence-electron chi connectivity index (χ4n) is 2.44. The highest BCUT2D eigenvalue weighted by molar-refractivity contribution is 7.80. The van der Waals surface area contributed by atoms with Crippen LogP contribution in [0.1, 0.15) is 49.6 Å². The molecule has 0 bridgehead atoms. The number of benzene rings is 1. The molecule has 0 spiro atoms. The Labute approximate surface area is 137 Å². The van der Waals surface area contributed by atoms with Gasteiger partial charge in [-0.05, 0) is 49.7 Å². The number of nitrogens with zero attached hydrogens (tertiary/aromatic N) is 2. The maximum atomic E-state index is 5.40. The summed E-state index contributed by atoms with van der Waals surface area (Å²) in [5.41, 5.74) is 4.49. The zero-order valence-corrected chi connectivity index (χ0v) is 14.7. The highest BCUT2D eigenvalue weighted by Gasteiger charge is 2.12. The minimum atomic E-state index is 0.114. The molecule has 2 N–H and O–H groups in total. The van der Waals surface area contributed by atoms with E-state index >= 15 is 0 Å². The molecule has 22 heavy (non-hydrogen) atoms. The molecule has 1 heterocycles. The van der Waals surface area contributed by atoms with Crippen molar-refractivity contribution in [1.82, 2.24) is 15.1 Å². The van der Waals surface area contributed by atoms with E-state index in [9.17, 15) is 0 Å². The van der Waals surface area contributed by atoms with Crippen molar-refractivity contribution in [2.75, 3.05) is 5.32 Å². The fraction of sp³-hybridized carbons (Fsp3) is 0.412. The number of aryl methyl sites for hydroxylation is 2. The molecule has 0 saturated heterocycles. The van der Waals surface area contributed by atoms with E-state index in [4.69, 9.17) is 12.2 Å². The normalized spacial score (nSPS) is 12.3. The van der Waals surface area contributed by atoms with Crippen LogP contribution in [0.4, 0.5) is 5.69 Å². The second kappa shape index (κ2) is 6.92. The van der Waals surface area contributed by atoms with Crippen LogP contribution >= 0.6 is 12.2 Å². The molecular formula is C17H24N4S. The van der Waals surface area contributed by atoms with Gasteiger partial charge in [0, 0.05) is 24.5 Å². The van der Waals surface area contributed by atoms with Crippen molar-refractivity contribution in [1.29, 1.82) is 0 Å². The van der Waals surface area contributed by atoms with E-state index in [0.29, 0.717) is 11.0 Å². The van der Waals surface area contributed by atoms with Gasteiger partial charge in [0.15, 0.2) is 5.11 Å². The van der Waals surface area contributed by atoms with Crippen LogP contribution in [0.3, 0.4) is 0 Å². The molecule has 0 aliphatic heterocycles. The summed E-state index contributed by atoms with van der Waals surface area (Å²) in [7, 11) is 1.93. The fourth-order valence-corrected chi connectivity index (χ4v) is 2.73. The summed E-state index contributed by atoms with van der Waals surface area (Å²) < 4.78 is 1.82. The van der Waals surface area contributed by atoms with Gasteiger partial charge < -0.3 is 10.6 Å². The minimum absolute atomic E-state index is 0.114. The number of rotatable bonds is 4. The van der Waals surface area contributed by atoms with Crippen LogP contribution in [-0.4, -0.2) is 14.9 Å². The summed E-state index contributed by atoms with van der Waals surface area (Å²) in [5, 5.41) is 11.5. The molecule has 0 aliphatic carbocycles. The summed E-state index contributed by atoms with van der Waals surface area (Å²) in [4.78, 5) is 0. The Hall–Kier alpha value is -1.88. The molecule has 2 rings (SSSR count). The molecule has 2 aromatic rings. The van der Waals surface area contributed by atoms with Crippen molar-refractivity contribution >= 4 is 23.0 Å². The Kier molecular flexibility index (Phi) is 5.19. The summed E-state index contributed by atoms with van der Waals surface area (Å²) in [6.45, 7) is 8.47. The van der Waals surface area contributed by atoms with Gasteiger partial charge in [-0.15, -0.1) is 0 Å². The smallest absolute Gasteiger partial charge is 0.171 e. The molecule has 0 saturated carbocycles. The van der Waals surface area contributed by atoms with Crippen LogP contribution in [0.25, 0.3) is 0 Å². The largest absolute Gasteiger partial charge is 0.356 e. The molecule has 0 aliphatic rings. The van der Waals surface area contributed by atoms with Crippen LogP contribution in [0, 0.1) is 6.92 Å². The standard InChI is InChI=1S/C17H24N4S/c1-11(2)14-6-8-15(9-7-14)19-17(22)18-12(3)16-10-21(5)20-13(16)4/h6-12H,1-5H3,(H2,18,19,22). The van der Waals surface area contributed by atoms with Crippen LogP contribution in [0.2, 0.25) is 0 Å². The van der Waals surface area contributed by atoms with Crippen molar-refractivity contribution in [3.63, 3.8) is 0 Å². The summed E-state index contributed by atoms with van der Waals surface area (Å²) in [5.74, 6) is 0.535. The summed E-state index contributed by atoms with van der Waals surface area (Å²) >= 11 is 5.40. The predicted octanol–water partition coefficient (Wildman–Crippen LogP) is 3.90. The minimum Gasteiger partial charge on any atom is -0.356 e. The van der Waals surface area contributed by atoms with Crippen molar-refractivity contribution < 1.29 is 0 Å². The lowest BCUT2D eigenvalue weighted by molar-refractivity contribution is 0.715. The molecule has 1 aromatic heterocycles. The molecule has 1 aromatic carbocycles. The van der Waals surface area contributed by atoms with Crippen molar-refractivity contribution in [3.05, 3.63) is 47.3 Å². The first-order valence-corrected chi connectivity index (χ1v) is 7.95. The predicted molar refractivity (Wildman–Crippen MR) is 96.2 cm³/mol. The molecule has 4 nitrogen and oxygen atoms in total. The lowest BCUT2D eigenvalue weighted by Crippen LogP contribution is -2.31. The number of aromatic nitrogens is 2. The average molecular weight is 316 g/mol. The second-order valence-electron chi connectivity index (χ2n) is 5.94. The van der Waals surface area contributed by atoms with Crippen molar-refractivity contribution in [2.45, 2.75) is 39.7 Å². The molecule has 0 radical (unpaired) electrons. The first-order valence-electron chi connectivity index (χ1n) is 7.54. The maximum Gasteiger partial charge on any atom is 0.171 e. The SMILES string of the molecule is Cc1nn(C)cc1C(C)NC(=S)Nc1ccc(C(C)C)cc1. The third-order valence-corrected chi connectivity index (χ3v) is 3.92. The molecule has 1 unspecified atom stereocenters. The summed E-state index contributed by atoms with van der Waals surface area (Å²) in [6, 6.07) is 8.49. The Morgan fingerprint density at radius 1 is 1.18 bits per heavy atom. The van der Waals surface area contributed by atoms with Gasteiger partial charge in [-0.25, -0.2) is 0 Å². The van der Waals surface area contributed by atoms with Crippen LogP contribution in [0.15, 0.2) is 30.5 Å². The summed E-state index contributed by atoms with van der Waals surface area (Å²) in [6.07, 6.45) is 2.02. The first kappa shape index (κ1) is 16.5. The quantitative estimate of drug-likeness (QED) is 0.840. The van der Waals surface area contributed by atoms with Crippen molar-refractivity contribution in [3.8, 4) is 0 Å². The Bertz CT molecular complexity index is 643. The first-order chi connectivity index (χ1) is 10.4. The molecule has 1 atom stereocenters. The lowest BCUT2D eigenvalue weighted by atomic mass is 10.0. The van der Waals surface area contributed by atoms with Gasteiger partial charge in [-0.1, -0.05) is 26.0 Å². The second-order valence-corrected chi connectivity index (χ2v) is 6.35. The van der Waals surface area contributed by atoms with E-state index in [1.807, 2.05) is 24.9 Å². The lowest BCUT2D eigenvalue weighted by Gasteiger charge is -2.17. The molecule has 5 heteroatoms. The topological polar surface area (TPSA) is 41.9 Å². The van der Waals surface area contributed by atoms with Gasteiger partial charge in [0.2, 0.25) is 0 Å². The van der Waals surface area contributed by atoms with E-state index in [-0.39, 0.29) is 6.04 Å². The van der Waals surface area contributed by atoms with Gasteiger partial charge in [0.05, 0.1) is 11.7 Å². The Morgan fingerprint density at radius 2 is 1.82 bits per heavy atom. The molecule has 0 fully saturated rings. The number of hydrogen-bond donors (Lipinski definition) is 2. The van der Waals surface area contributed by atoms with Crippen LogP contribution < -0.4 is 10.6 Å². The van der Waals surface area contributed by atoms with Crippen LogP contribution in [-0.2, 0) is 7.05 Å². The average Bonchev–Trinajstić information content (AvgIpc) is 2.78. The third-order valence-electron chi connectivity index (χ3n) is 3.70. The number of hydrogen-bond acceptors (Lipinski definition) is 2. The van der Waals surface area contributed by atoms with Crippen molar-refractivity contribution in [2.24, 2.45) is 7.05 Å². The van der Waals surface area contributed by atoms with Gasteiger partial charge in [-0.2, -0.15) is 5.10 Å². The Morgan fingerprint density at radius 3 is 2.32 bits per heavy atom. The molecule has 118 valence electrons. The Balaban J connectivity index is 1.96. The van der Waals surface area contributed by atoms with E-state index in [1.165, 1.54) is 5.56 Å². The maximum absolute atomic E-state index is 5.40. The van der Waals surface area contributed by atoms with Gasteiger partial charge in [0.1, 0.15) is 0 Å². The van der Waals surface area contributed by atoms with E-state index < -0.39 is 0 Å². The molecular weight excluding hydrogens is 292 g/mol. The number of nitrogens with one attached hydrogen (secondary N) is 2. The van der Waals surface area contributed by atoms with Gasteiger partial charge >= 0.3 is 0 Å². The van der Waals surface area contributed by atoms with Gasteiger partial charge in [-0.3, -0.25) is 4.68 Å². The van der Waals surface area contributed by atoms with E-state index in [2.05, 4.69) is 60.8 Å². The van der Waals surface area contributed by atoms with E-state index in [0.717, 1.165) is 16.9 Å². The monoisotopic (exact) mass is 316 g/mol. The number of anilines is 1. The number of thiocarbonyl (C=S) groups is 1. The third kappa shape index (κ3) is 4.07. The molecule has 0 amide bonds. The van der Waals surface area contributed by atoms with E-state index in [1.54, 1.807) is 0 Å². The zero-order chi connectivity index (χ0) is 16.3. The highest BCUT2D eigenvalue weighted by atomic mass is 32.1. The van der Waals surface area contributed by atoms with Crippen LogP contribution in [0.5, 0.6) is 0 Å².